The van der Waals surface area contributed by atoms with Gasteiger partial charge in [0.25, 0.3) is 0 Å². The average Bonchev–Trinajstić information content (AvgIpc) is 3.18. The Kier molecular flexibility index (Phi) is 6.15. The van der Waals surface area contributed by atoms with Gasteiger partial charge in [0.2, 0.25) is 5.91 Å². The fourth-order valence-corrected chi connectivity index (χ4v) is 4.56. The number of urea groups is 1. The molecule has 0 aromatic heterocycles. The maximum absolute atomic E-state index is 11.4. The minimum Gasteiger partial charge on any atom is -0.315 e. The summed E-state index contributed by atoms with van der Waals surface area (Å²) in [6.45, 7) is 2.07. The molecule has 24 heavy (non-hydrogen) atoms. The largest absolute Gasteiger partial charge is 0.324 e. The number of unbranched alkanes of at least 4 members (excludes halogenated alkanes) is 2. The molecule has 130 valence electrons. The highest BCUT2D eigenvalue weighted by Crippen LogP contribution is 2.36. The van der Waals surface area contributed by atoms with Crippen LogP contribution in [-0.2, 0) is 4.79 Å². The van der Waals surface area contributed by atoms with Crippen molar-refractivity contribution in [1.29, 1.82) is 0 Å². The Labute approximate surface area is 147 Å². The Morgan fingerprint density at radius 2 is 1.96 bits per heavy atom. The van der Waals surface area contributed by atoms with Gasteiger partial charge in [-0.3, -0.25) is 10.1 Å². The zero-order chi connectivity index (χ0) is 16.8. The van der Waals surface area contributed by atoms with Crippen molar-refractivity contribution in [3.8, 4) is 0 Å². The molecule has 0 aliphatic carbocycles. The molecule has 1 atom stereocenters. The summed E-state index contributed by atoms with van der Waals surface area (Å²) in [4.78, 5) is 24.1. The van der Waals surface area contributed by atoms with Crippen molar-refractivity contribution >= 4 is 23.9 Å². The van der Waals surface area contributed by atoms with Crippen molar-refractivity contribution in [2.75, 3.05) is 25.4 Å². The van der Waals surface area contributed by atoms with Crippen molar-refractivity contribution < 1.29 is 9.59 Å². The highest BCUT2D eigenvalue weighted by atomic mass is 32.2. The molecule has 1 unspecified atom stereocenters. The van der Waals surface area contributed by atoms with Crippen LogP contribution in [0.15, 0.2) is 30.3 Å². The molecule has 2 aliphatic rings. The smallest absolute Gasteiger partial charge is 0.315 e. The Morgan fingerprint density at radius 3 is 2.71 bits per heavy atom. The van der Waals surface area contributed by atoms with E-state index in [4.69, 9.17) is 0 Å². The predicted octanol–water partition coefficient (Wildman–Crippen LogP) is 3.19. The van der Waals surface area contributed by atoms with Gasteiger partial charge >= 0.3 is 6.03 Å². The fourth-order valence-electron chi connectivity index (χ4n) is 3.33. The van der Waals surface area contributed by atoms with E-state index in [1.165, 1.54) is 24.9 Å². The molecule has 1 aromatic carbocycles. The average molecular weight is 347 g/mol. The number of hydrogen-bond donors (Lipinski definition) is 1. The molecule has 0 saturated carbocycles. The zero-order valence-electron chi connectivity index (χ0n) is 13.9. The van der Waals surface area contributed by atoms with E-state index < -0.39 is 0 Å². The molecular weight excluding hydrogens is 322 g/mol. The number of carbonyl (C=O) groups excluding carboxylic acids is 2. The summed E-state index contributed by atoms with van der Waals surface area (Å²) in [5.41, 5.74) is 1.42. The summed E-state index contributed by atoms with van der Waals surface area (Å²) in [7, 11) is 0. The van der Waals surface area contributed by atoms with Gasteiger partial charge in [-0.05, 0) is 31.2 Å². The normalized spacial score (nSPS) is 21.5. The van der Waals surface area contributed by atoms with Gasteiger partial charge in [0, 0.05) is 24.9 Å². The molecule has 1 N–H and O–H groups in total. The van der Waals surface area contributed by atoms with Crippen LogP contribution in [0.3, 0.4) is 0 Å². The summed E-state index contributed by atoms with van der Waals surface area (Å²) in [5, 5.41) is 2.31. The van der Waals surface area contributed by atoms with Crippen LogP contribution in [0.5, 0.6) is 0 Å². The van der Waals surface area contributed by atoms with E-state index >= 15 is 0 Å². The van der Waals surface area contributed by atoms with E-state index in [9.17, 15) is 9.59 Å². The number of nitrogens with one attached hydrogen (secondary N) is 1. The zero-order valence-corrected chi connectivity index (χ0v) is 14.8. The lowest BCUT2D eigenvalue weighted by molar-refractivity contribution is -0.118. The summed E-state index contributed by atoms with van der Waals surface area (Å²) < 4.78 is 2.53. The number of rotatable bonds is 8. The number of benzene rings is 1. The lowest BCUT2D eigenvalue weighted by Gasteiger charge is -2.23. The van der Waals surface area contributed by atoms with Gasteiger partial charge in [-0.2, -0.15) is 0 Å². The summed E-state index contributed by atoms with van der Waals surface area (Å²) >= 11 is 1.96. The highest BCUT2D eigenvalue weighted by molar-refractivity contribution is 7.97. The molecule has 3 amide bonds. The topological polar surface area (TPSA) is 52.7 Å². The molecule has 6 heteroatoms. The second-order valence-corrected chi connectivity index (χ2v) is 7.51. The van der Waals surface area contributed by atoms with Crippen molar-refractivity contribution in [3.63, 3.8) is 0 Å². The molecule has 0 radical (unpaired) electrons. The molecule has 1 aromatic rings. The second-order valence-electron chi connectivity index (χ2n) is 6.38. The molecule has 2 fully saturated rings. The van der Waals surface area contributed by atoms with Crippen LogP contribution in [0, 0.1) is 0 Å². The maximum Gasteiger partial charge on any atom is 0.324 e. The van der Waals surface area contributed by atoms with Crippen LogP contribution in [0.4, 0.5) is 4.79 Å². The van der Waals surface area contributed by atoms with E-state index in [0.29, 0.717) is 12.6 Å². The SMILES string of the molecule is O=C1CN(CCCCCSN2CCCC2c2ccccc2)C(=O)N1. The van der Waals surface area contributed by atoms with Gasteiger partial charge in [0.1, 0.15) is 6.54 Å². The minimum atomic E-state index is -0.239. The molecule has 3 rings (SSSR count). The van der Waals surface area contributed by atoms with E-state index in [2.05, 4.69) is 40.0 Å². The summed E-state index contributed by atoms with van der Waals surface area (Å²) in [6.07, 6.45) is 5.71. The molecule has 2 aliphatic heterocycles. The lowest BCUT2D eigenvalue weighted by Crippen LogP contribution is -2.29. The Bertz CT molecular complexity index is 567. The highest BCUT2D eigenvalue weighted by Gasteiger charge is 2.27. The third kappa shape index (κ3) is 4.51. The number of nitrogens with zero attached hydrogens (tertiary/aromatic N) is 2. The van der Waals surface area contributed by atoms with Crippen LogP contribution in [0.1, 0.15) is 43.7 Å². The first-order valence-electron chi connectivity index (χ1n) is 8.77. The monoisotopic (exact) mass is 347 g/mol. The van der Waals surface area contributed by atoms with Crippen molar-refractivity contribution in [3.05, 3.63) is 35.9 Å². The first-order chi connectivity index (χ1) is 11.7. The molecule has 2 saturated heterocycles. The first-order valence-corrected chi connectivity index (χ1v) is 9.71. The van der Waals surface area contributed by atoms with Gasteiger partial charge < -0.3 is 4.90 Å². The lowest BCUT2D eigenvalue weighted by atomic mass is 10.1. The molecule has 5 nitrogen and oxygen atoms in total. The van der Waals surface area contributed by atoms with Crippen molar-refractivity contribution in [2.45, 2.75) is 38.1 Å². The first kappa shape index (κ1) is 17.3. The third-order valence-corrected chi connectivity index (χ3v) is 5.83. The van der Waals surface area contributed by atoms with Crippen molar-refractivity contribution in [1.82, 2.24) is 14.5 Å². The second kappa shape index (κ2) is 8.53. The van der Waals surface area contributed by atoms with E-state index in [1.54, 1.807) is 4.90 Å². The van der Waals surface area contributed by atoms with Gasteiger partial charge in [0.15, 0.2) is 0 Å². The summed E-state index contributed by atoms with van der Waals surface area (Å²) in [6, 6.07) is 11.1. The fraction of sp³-hybridized carbons (Fsp3) is 0.556. The van der Waals surface area contributed by atoms with Gasteiger partial charge in [0.05, 0.1) is 0 Å². The minimum absolute atomic E-state index is 0.184. The Hall–Kier alpha value is -1.53. The van der Waals surface area contributed by atoms with E-state index in [0.717, 1.165) is 25.0 Å². The number of imide groups is 1. The molecule has 0 bridgehead atoms. The Balaban J connectivity index is 1.32. The predicted molar refractivity (Wildman–Crippen MR) is 96.5 cm³/mol. The van der Waals surface area contributed by atoms with E-state index in [1.807, 2.05) is 11.9 Å². The number of hydrogen-bond acceptors (Lipinski definition) is 4. The maximum atomic E-state index is 11.4. The third-order valence-electron chi connectivity index (χ3n) is 4.59. The number of carbonyl (C=O) groups is 2. The van der Waals surface area contributed by atoms with Crippen LogP contribution in [0.2, 0.25) is 0 Å². The van der Waals surface area contributed by atoms with E-state index in [-0.39, 0.29) is 18.5 Å². The van der Waals surface area contributed by atoms with Crippen molar-refractivity contribution in [2.24, 2.45) is 0 Å². The van der Waals surface area contributed by atoms with Gasteiger partial charge in [-0.1, -0.05) is 48.7 Å². The van der Waals surface area contributed by atoms with Crippen LogP contribution >= 0.6 is 11.9 Å². The molecule has 0 spiro atoms. The van der Waals surface area contributed by atoms with Crippen LogP contribution in [-0.4, -0.2) is 46.5 Å². The van der Waals surface area contributed by atoms with Crippen LogP contribution in [0.25, 0.3) is 0 Å². The molecule has 2 heterocycles. The quantitative estimate of drug-likeness (QED) is 0.446. The van der Waals surface area contributed by atoms with Gasteiger partial charge in [-0.15, -0.1) is 0 Å². The van der Waals surface area contributed by atoms with Gasteiger partial charge in [-0.25, -0.2) is 9.10 Å². The number of amides is 3. The van der Waals surface area contributed by atoms with Crippen LogP contribution < -0.4 is 5.32 Å². The molecular formula is C18H25N3O2S. The Morgan fingerprint density at radius 1 is 1.12 bits per heavy atom. The standard InChI is InChI=1S/C18H25N3O2S/c22-17-14-20(18(23)19-17)11-5-2-6-13-24-21-12-7-10-16(21)15-8-3-1-4-9-15/h1,3-4,8-9,16H,2,5-7,10-14H2,(H,19,22,23). The summed E-state index contributed by atoms with van der Waals surface area (Å²) in [5.74, 6) is 0.936.